The van der Waals surface area contributed by atoms with Gasteiger partial charge in [0.1, 0.15) is 28.6 Å². The maximum Gasteiger partial charge on any atom is 0.270 e. The van der Waals surface area contributed by atoms with Crippen molar-refractivity contribution in [3.8, 4) is 22.8 Å². The molecule has 0 aliphatic carbocycles. The number of amides is 2. The number of carbonyl (C=O) groups is 2. The number of carbonyl (C=O) groups excluding carboxylic acids is 2. The molecule has 8 heteroatoms. The Balaban J connectivity index is 1.70. The van der Waals surface area contributed by atoms with E-state index in [0.29, 0.717) is 28.7 Å². The second-order valence-electron chi connectivity index (χ2n) is 6.56. The summed E-state index contributed by atoms with van der Waals surface area (Å²) >= 11 is 5.25. The first-order valence-corrected chi connectivity index (χ1v) is 9.71. The van der Waals surface area contributed by atoms with E-state index in [0.717, 1.165) is 5.56 Å². The molecule has 0 unspecified atom stereocenters. The number of furan rings is 1. The summed E-state index contributed by atoms with van der Waals surface area (Å²) in [6.07, 6.45) is 1.40. The highest BCUT2D eigenvalue weighted by molar-refractivity contribution is 7.80. The van der Waals surface area contributed by atoms with Gasteiger partial charge in [0.2, 0.25) is 0 Å². The van der Waals surface area contributed by atoms with E-state index in [4.69, 9.17) is 26.1 Å². The largest absolute Gasteiger partial charge is 0.497 e. The van der Waals surface area contributed by atoms with Gasteiger partial charge in [-0.1, -0.05) is 30.3 Å². The molecule has 2 heterocycles. The van der Waals surface area contributed by atoms with E-state index in [1.165, 1.54) is 25.2 Å². The van der Waals surface area contributed by atoms with Crippen molar-refractivity contribution in [1.29, 1.82) is 0 Å². The van der Waals surface area contributed by atoms with Gasteiger partial charge in [0, 0.05) is 11.6 Å². The second-order valence-corrected chi connectivity index (χ2v) is 6.95. The fourth-order valence-electron chi connectivity index (χ4n) is 3.18. The fraction of sp³-hybridized carbons (Fsp3) is 0.0870. The monoisotopic (exact) mass is 434 g/mol. The van der Waals surface area contributed by atoms with Gasteiger partial charge in [0.15, 0.2) is 5.11 Å². The number of nitrogens with zero attached hydrogens (tertiary/aromatic N) is 1. The van der Waals surface area contributed by atoms with Crippen LogP contribution in [-0.2, 0) is 9.59 Å². The molecule has 1 N–H and O–H groups in total. The van der Waals surface area contributed by atoms with Crippen LogP contribution in [0.2, 0.25) is 0 Å². The minimum Gasteiger partial charge on any atom is -0.497 e. The molecule has 0 bridgehead atoms. The van der Waals surface area contributed by atoms with Crippen molar-refractivity contribution in [2.45, 2.75) is 0 Å². The molecule has 156 valence electrons. The molecular weight excluding hydrogens is 416 g/mol. The average Bonchev–Trinajstić information content (AvgIpc) is 3.26. The maximum atomic E-state index is 13.2. The number of hydrogen-bond acceptors (Lipinski definition) is 6. The Morgan fingerprint density at radius 1 is 1.00 bits per heavy atom. The van der Waals surface area contributed by atoms with Crippen molar-refractivity contribution in [2.24, 2.45) is 0 Å². The summed E-state index contributed by atoms with van der Waals surface area (Å²) < 4.78 is 16.4. The molecule has 2 amide bonds. The van der Waals surface area contributed by atoms with Crippen molar-refractivity contribution < 1.29 is 23.5 Å². The summed E-state index contributed by atoms with van der Waals surface area (Å²) in [5, 5.41) is 2.51. The van der Waals surface area contributed by atoms with E-state index in [-0.39, 0.29) is 10.7 Å². The maximum absolute atomic E-state index is 13.2. The van der Waals surface area contributed by atoms with Crippen molar-refractivity contribution in [2.75, 3.05) is 19.1 Å². The predicted octanol–water partition coefficient (Wildman–Crippen LogP) is 3.80. The second kappa shape index (κ2) is 8.45. The number of hydrogen-bond donors (Lipinski definition) is 1. The highest BCUT2D eigenvalue weighted by Gasteiger charge is 2.36. The molecule has 0 spiro atoms. The third kappa shape index (κ3) is 3.93. The van der Waals surface area contributed by atoms with E-state index in [1.807, 2.05) is 30.3 Å². The molecule has 0 atom stereocenters. The number of methoxy groups -OCH3 is 2. The number of nitrogens with one attached hydrogen (secondary N) is 1. The van der Waals surface area contributed by atoms with Crippen LogP contribution in [0.5, 0.6) is 11.5 Å². The van der Waals surface area contributed by atoms with E-state index in [2.05, 4.69) is 5.32 Å². The lowest BCUT2D eigenvalue weighted by molar-refractivity contribution is -0.122. The van der Waals surface area contributed by atoms with Gasteiger partial charge < -0.3 is 13.9 Å². The summed E-state index contributed by atoms with van der Waals surface area (Å²) in [4.78, 5) is 27.0. The van der Waals surface area contributed by atoms with Gasteiger partial charge in [0.05, 0.1) is 19.9 Å². The molecular formula is C23H18N2O5S. The van der Waals surface area contributed by atoms with Gasteiger partial charge in [-0.2, -0.15) is 0 Å². The smallest absolute Gasteiger partial charge is 0.270 e. The number of rotatable bonds is 5. The highest BCUT2D eigenvalue weighted by atomic mass is 32.1. The van der Waals surface area contributed by atoms with Crippen LogP contribution in [0.25, 0.3) is 17.4 Å². The third-order valence-corrected chi connectivity index (χ3v) is 4.99. The Morgan fingerprint density at radius 2 is 1.77 bits per heavy atom. The lowest BCUT2D eigenvalue weighted by Crippen LogP contribution is -2.54. The van der Waals surface area contributed by atoms with Crippen LogP contribution in [0.15, 0.2) is 70.7 Å². The van der Waals surface area contributed by atoms with Crippen LogP contribution in [-0.4, -0.2) is 31.1 Å². The predicted molar refractivity (Wildman–Crippen MR) is 120 cm³/mol. The fourth-order valence-corrected chi connectivity index (χ4v) is 3.45. The van der Waals surface area contributed by atoms with Gasteiger partial charge in [-0.15, -0.1) is 0 Å². The quantitative estimate of drug-likeness (QED) is 0.374. The lowest BCUT2D eigenvalue weighted by Gasteiger charge is -2.29. The Morgan fingerprint density at radius 3 is 2.48 bits per heavy atom. The molecule has 7 nitrogen and oxygen atoms in total. The van der Waals surface area contributed by atoms with Crippen LogP contribution in [0.4, 0.5) is 5.69 Å². The average molecular weight is 434 g/mol. The Hall–Kier alpha value is -3.91. The van der Waals surface area contributed by atoms with Crippen LogP contribution in [0, 0.1) is 0 Å². The molecule has 1 fully saturated rings. The molecule has 31 heavy (non-hydrogen) atoms. The number of benzene rings is 2. The first-order valence-electron chi connectivity index (χ1n) is 9.30. The highest BCUT2D eigenvalue weighted by Crippen LogP contribution is 2.34. The van der Waals surface area contributed by atoms with Crippen LogP contribution in [0.3, 0.4) is 0 Å². The topological polar surface area (TPSA) is 81.0 Å². The van der Waals surface area contributed by atoms with Gasteiger partial charge >= 0.3 is 0 Å². The van der Waals surface area contributed by atoms with Crippen molar-refractivity contribution in [1.82, 2.24) is 5.32 Å². The lowest BCUT2D eigenvalue weighted by atomic mass is 10.1. The van der Waals surface area contributed by atoms with Crippen LogP contribution >= 0.6 is 12.2 Å². The van der Waals surface area contributed by atoms with E-state index in [9.17, 15) is 9.59 Å². The normalized spacial score (nSPS) is 15.2. The third-order valence-electron chi connectivity index (χ3n) is 4.70. The van der Waals surface area contributed by atoms with E-state index >= 15 is 0 Å². The van der Waals surface area contributed by atoms with Gasteiger partial charge in [-0.3, -0.25) is 14.9 Å². The molecule has 1 aromatic heterocycles. The molecule has 0 radical (unpaired) electrons. The molecule has 1 saturated heterocycles. The molecule has 1 aliphatic heterocycles. The van der Waals surface area contributed by atoms with E-state index < -0.39 is 11.8 Å². The zero-order chi connectivity index (χ0) is 22.0. The van der Waals surface area contributed by atoms with Crippen molar-refractivity contribution >= 4 is 40.9 Å². The standard InChI is InChI=1S/C23H18N2O5S/c1-28-15-8-10-18(20(13-15)29-2)25-22(27)17(21(26)24-23(25)31)12-16-9-11-19(30-16)14-6-4-3-5-7-14/h3-13H,1-2H3,(H,24,26,31). The molecule has 2 aromatic carbocycles. The van der Waals surface area contributed by atoms with Crippen LogP contribution in [0.1, 0.15) is 5.76 Å². The molecule has 0 saturated carbocycles. The van der Waals surface area contributed by atoms with Gasteiger partial charge in [-0.25, -0.2) is 4.90 Å². The van der Waals surface area contributed by atoms with Gasteiger partial charge in [0.25, 0.3) is 11.8 Å². The molecule has 4 rings (SSSR count). The van der Waals surface area contributed by atoms with E-state index in [1.54, 1.807) is 30.3 Å². The Labute approximate surface area is 183 Å². The van der Waals surface area contributed by atoms with Crippen molar-refractivity contribution in [3.63, 3.8) is 0 Å². The summed E-state index contributed by atoms with van der Waals surface area (Å²) in [5.74, 6) is 0.730. The van der Waals surface area contributed by atoms with Gasteiger partial charge in [-0.05, 0) is 42.6 Å². The summed E-state index contributed by atoms with van der Waals surface area (Å²) in [6.45, 7) is 0. The Kier molecular flexibility index (Phi) is 5.55. The Bertz CT molecular complexity index is 1200. The minimum atomic E-state index is -0.601. The summed E-state index contributed by atoms with van der Waals surface area (Å²) in [5.41, 5.74) is 1.16. The zero-order valence-electron chi connectivity index (χ0n) is 16.7. The van der Waals surface area contributed by atoms with Crippen LogP contribution < -0.4 is 19.7 Å². The summed E-state index contributed by atoms with van der Waals surface area (Å²) in [7, 11) is 3.00. The molecule has 1 aliphatic rings. The minimum absolute atomic E-state index is 0.0416. The zero-order valence-corrected chi connectivity index (χ0v) is 17.6. The SMILES string of the molecule is COc1ccc(N2C(=O)C(=Cc3ccc(-c4ccccc4)o3)C(=O)NC2=S)c(OC)c1. The molecule has 3 aromatic rings. The first kappa shape index (κ1) is 20.4. The number of ether oxygens (including phenoxy) is 2. The first-order chi connectivity index (χ1) is 15.0. The number of thiocarbonyl (C=S) groups is 1. The van der Waals surface area contributed by atoms with Crippen molar-refractivity contribution in [3.05, 3.63) is 72.0 Å². The summed E-state index contributed by atoms with van der Waals surface area (Å²) in [6, 6.07) is 17.9. The number of anilines is 1.